The molecule has 0 aliphatic carbocycles. The van der Waals surface area contributed by atoms with Gasteiger partial charge in [0.25, 0.3) is 0 Å². The number of carbonyl (C=O) groups is 1. The molecule has 0 aromatic heterocycles. The van der Waals surface area contributed by atoms with Crippen LogP contribution in [-0.2, 0) is 11.2 Å². The van der Waals surface area contributed by atoms with E-state index in [1.54, 1.807) is 20.0 Å². The quantitative estimate of drug-likeness (QED) is 0.241. The van der Waals surface area contributed by atoms with E-state index in [4.69, 9.17) is 23.2 Å². The Balaban J connectivity index is 0.00000392. The number of aryl methyl sites for hydroxylation is 1. The summed E-state index contributed by atoms with van der Waals surface area (Å²) in [6.45, 7) is 7.69. The fraction of sp³-hybridized carbons (Fsp3) is 0.579. The van der Waals surface area contributed by atoms with Gasteiger partial charge in [0.2, 0.25) is 5.91 Å². The molecule has 1 aromatic carbocycles. The summed E-state index contributed by atoms with van der Waals surface area (Å²) >= 11 is 12.1. The molecule has 9 heteroatoms. The predicted octanol–water partition coefficient (Wildman–Crippen LogP) is 2.87. The maximum Gasteiger partial charge on any atom is 0.219 e. The number of halogens is 3. The number of guanidine groups is 1. The highest BCUT2D eigenvalue weighted by molar-refractivity contribution is 14.0. The van der Waals surface area contributed by atoms with E-state index in [1.165, 1.54) is 0 Å². The first kappa shape index (κ1) is 25.3. The van der Waals surface area contributed by atoms with Crippen molar-refractivity contribution < 1.29 is 4.79 Å². The molecule has 1 aliphatic heterocycles. The molecule has 0 bridgehead atoms. The lowest BCUT2D eigenvalue weighted by Gasteiger charge is -2.34. The third-order valence-corrected chi connectivity index (χ3v) is 5.28. The first-order valence-corrected chi connectivity index (χ1v) is 10.1. The lowest BCUT2D eigenvalue weighted by Crippen LogP contribution is -2.50. The largest absolute Gasteiger partial charge is 0.356 e. The van der Waals surface area contributed by atoms with Crippen molar-refractivity contribution in [2.45, 2.75) is 19.8 Å². The Hall–Kier alpha value is -0.770. The molecule has 0 saturated carbocycles. The van der Waals surface area contributed by atoms with Crippen LogP contribution < -0.4 is 10.6 Å². The van der Waals surface area contributed by atoms with Crippen LogP contribution in [0.25, 0.3) is 0 Å². The van der Waals surface area contributed by atoms with Gasteiger partial charge in [-0.05, 0) is 30.5 Å². The van der Waals surface area contributed by atoms with Crippen LogP contribution in [0.15, 0.2) is 23.2 Å². The highest BCUT2D eigenvalue weighted by Crippen LogP contribution is 2.21. The van der Waals surface area contributed by atoms with Gasteiger partial charge in [-0.3, -0.25) is 14.7 Å². The molecule has 1 heterocycles. The van der Waals surface area contributed by atoms with Crippen LogP contribution in [0.1, 0.15) is 18.9 Å². The topological polar surface area (TPSA) is 60.0 Å². The second-order valence-corrected chi connectivity index (χ2v) is 7.46. The van der Waals surface area contributed by atoms with Crippen LogP contribution in [0, 0.1) is 0 Å². The number of amides is 1. The number of rotatable bonds is 7. The van der Waals surface area contributed by atoms with Crippen molar-refractivity contribution >= 4 is 59.0 Å². The highest BCUT2D eigenvalue weighted by Gasteiger charge is 2.17. The number of nitrogens with zero attached hydrogens (tertiary/aromatic N) is 3. The van der Waals surface area contributed by atoms with Gasteiger partial charge in [0.1, 0.15) is 0 Å². The van der Waals surface area contributed by atoms with E-state index in [9.17, 15) is 4.79 Å². The van der Waals surface area contributed by atoms with Crippen LogP contribution in [0.2, 0.25) is 10.0 Å². The highest BCUT2D eigenvalue weighted by atomic mass is 127. The van der Waals surface area contributed by atoms with E-state index in [0.29, 0.717) is 5.02 Å². The fourth-order valence-electron chi connectivity index (χ4n) is 3.05. The second kappa shape index (κ2) is 13.5. The van der Waals surface area contributed by atoms with E-state index in [0.717, 1.165) is 75.2 Å². The van der Waals surface area contributed by atoms with Gasteiger partial charge in [0.05, 0.1) is 0 Å². The molecule has 2 rings (SSSR count). The molecular weight excluding hydrogens is 512 g/mol. The average Bonchev–Trinajstić information content (AvgIpc) is 2.65. The summed E-state index contributed by atoms with van der Waals surface area (Å²) in [4.78, 5) is 19.9. The van der Waals surface area contributed by atoms with E-state index in [2.05, 4.69) is 20.5 Å². The maximum absolute atomic E-state index is 11.4. The molecule has 0 radical (unpaired) electrons. The molecule has 0 atom stereocenters. The minimum absolute atomic E-state index is 0. The van der Waals surface area contributed by atoms with Crippen LogP contribution in [0.5, 0.6) is 0 Å². The zero-order chi connectivity index (χ0) is 19.6. The molecule has 158 valence electrons. The molecule has 1 amide bonds. The van der Waals surface area contributed by atoms with Crippen LogP contribution in [-0.4, -0.2) is 74.5 Å². The van der Waals surface area contributed by atoms with E-state index in [1.807, 2.05) is 17.0 Å². The molecule has 2 N–H and O–H groups in total. The maximum atomic E-state index is 11.4. The van der Waals surface area contributed by atoms with E-state index < -0.39 is 0 Å². The SMILES string of the molecule is CN=C(NCCCc1ccc(Cl)cc1Cl)NCCN1CCN(C(C)=O)CC1.I. The lowest BCUT2D eigenvalue weighted by molar-refractivity contribution is -0.130. The van der Waals surface area contributed by atoms with Crippen LogP contribution in [0.3, 0.4) is 0 Å². The van der Waals surface area contributed by atoms with Crippen molar-refractivity contribution in [3.8, 4) is 0 Å². The summed E-state index contributed by atoms with van der Waals surface area (Å²) in [5.41, 5.74) is 1.11. The standard InChI is InChI=1S/C19H29Cl2N5O.HI/c1-15(27)26-12-10-25(11-13-26)9-8-24-19(22-2)23-7-3-4-16-5-6-17(20)14-18(16)21;/h5-6,14H,3-4,7-13H2,1-2H3,(H2,22,23,24);1H. The number of benzene rings is 1. The molecule has 28 heavy (non-hydrogen) atoms. The van der Waals surface area contributed by atoms with Gasteiger partial charge in [0.15, 0.2) is 5.96 Å². The predicted molar refractivity (Wildman–Crippen MR) is 128 cm³/mol. The first-order chi connectivity index (χ1) is 13.0. The summed E-state index contributed by atoms with van der Waals surface area (Å²) < 4.78 is 0. The number of piperazine rings is 1. The number of aliphatic imine (C=N–C) groups is 1. The van der Waals surface area contributed by atoms with Crippen LogP contribution in [0.4, 0.5) is 0 Å². The van der Waals surface area contributed by atoms with Gasteiger partial charge in [0, 0.05) is 69.8 Å². The lowest BCUT2D eigenvalue weighted by atomic mass is 10.1. The molecule has 0 spiro atoms. The summed E-state index contributed by atoms with van der Waals surface area (Å²) in [6.07, 6.45) is 1.84. The normalized spacial score (nSPS) is 15.1. The molecular formula is C19H30Cl2IN5O. The summed E-state index contributed by atoms with van der Waals surface area (Å²) in [5, 5.41) is 8.05. The van der Waals surface area contributed by atoms with E-state index >= 15 is 0 Å². The van der Waals surface area contributed by atoms with Crippen molar-refractivity contribution in [1.29, 1.82) is 0 Å². The Morgan fingerprint density at radius 3 is 2.43 bits per heavy atom. The van der Waals surface area contributed by atoms with Crippen molar-refractivity contribution in [3.05, 3.63) is 33.8 Å². The van der Waals surface area contributed by atoms with Gasteiger partial charge < -0.3 is 15.5 Å². The summed E-state index contributed by atoms with van der Waals surface area (Å²) in [7, 11) is 1.77. The molecule has 6 nitrogen and oxygen atoms in total. The Morgan fingerprint density at radius 2 is 1.82 bits per heavy atom. The minimum atomic E-state index is 0. The monoisotopic (exact) mass is 541 g/mol. The molecule has 1 saturated heterocycles. The molecule has 1 fully saturated rings. The zero-order valence-electron chi connectivity index (χ0n) is 16.5. The third-order valence-electron chi connectivity index (χ3n) is 4.69. The molecule has 1 aromatic rings. The van der Waals surface area contributed by atoms with Gasteiger partial charge in [-0.1, -0.05) is 29.3 Å². The second-order valence-electron chi connectivity index (χ2n) is 6.61. The Morgan fingerprint density at radius 1 is 1.14 bits per heavy atom. The van der Waals surface area contributed by atoms with Crippen molar-refractivity contribution in [3.63, 3.8) is 0 Å². The van der Waals surface area contributed by atoms with Crippen molar-refractivity contribution in [1.82, 2.24) is 20.4 Å². The fourth-order valence-corrected chi connectivity index (χ4v) is 3.55. The number of carbonyl (C=O) groups excluding carboxylic acids is 1. The zero-order valence-corrected chi connectivity index (χ0v) is 20.4. The van der Waals surface area contributed by atoms with Crippen molar-refractivity contribution in [2.75, 3.05) is 52.9 Å². The Bertz CT molecular complexity index is 651. The van der Waals surface area contributed by atoms with Crippen LogP contribution >= 0.6 is 47.2 Å². The Kier molecular flexibility index (Phi) is 12.1. The third kappa shape index (κ3) is 8.71. The Labute approximate surface area is 195 Å². The van der Waals surface area contributed by atoms with Gasteiger partial charge in [-0.15, -0.1) is 24.0 Å². The van der Waals surface area contributed by atoms with E-state index in [-0.39, 0.29) is 29.9 Å². The summed E-state index contributed by atoms with van der Waals surface area (Å²) in [5.74, 6) is 0.969. The number of hydrogen-bond donors (Lipinski definition) is 2. The van der Waals surface area contributed by atoms with Gasteiger partial charge in [-0.2, -0.15) is 0 Å². The number of hydrogen-bond acceptors (Lipinski definition) is 3. The first-order valence-electron chi connectivity index (χ1n) is 9.36. The van der Waals surface area contributed by atoms with Crippen molar-refractivity contribution in [2.24, 2.45) is 4.99 Å². The molecule has 1 aliphatic rings. The average molecular weight is 542 g/mol. The molecule has 0 unspecified atom stereocenters. The summed E-state index contributed by atoms with van der Waals surface area (Å²) in [6, 6.07) is 5.62. The number of nitrogens with one attached hydrogen (secondary N) is 2. The van der Waals surface area contributed by atoms with Gasteiger partial charge in [-0.25, -0.2) is 0 Å². The van der Waals surface area contributed by atoms with Gasteiger partial charge >= 0.3 is 0 Å². The smallest absolute Gasteiger partial charge is 0.219 e. The minimum Gasteiger partial charge on any atom is -0.356 e.